The van der Waals surface area contributed by atoms with E-state index >= 15 is 0 Å². The van der Waals surface area contributed by atoms with Gasteiger partial charge < -0.3 is 0 Å². The molecule has 0 saturated heterocycles. The van der Waals surface area contributed by atoms with Crippen LogP contribution in [0.1, 0.15) is 25.3 Å². The Hall–Kier alpha value is -2.41. The maximum atomic E-state index is 12.3. The number of anilines is 1. The molecular weight excluding hydrogens is 304 g/mol. The number of benzene rings is 2. The lowest BCUT2D eigenvalue weighted by Gasteiger charge is -2.10. The van der Waals surface area contributed by atoms with Crippen LogP contribution >= 0.6 is 0 Å². The van der Waals surface area contributed by atoms with Gasteiger partial charge in [0.05, 0.1) is 15.5 Å². The first kappa shape index (κ1) is 16.0. The molecule has 0 radical (unpaired) electrons. The summed E-state index contributed by atoms with van der Waals surface area (Å²) < 4.78 is 26.9. The monoisotopic (exact) mass is 320 g/mol. The lowest BCUT2D eigenvalue weighted by atomic mass is 10.0. The molecule has 2 aromatic rings. The van der Waals surface area contributed by atoms with Crippen molar-refractivity contribution in [3.8, 4) is 0 Å². The second-order valence-corrected chi connectivity index (χ2v) is 6.82. The average molecular weight is 320 g/mol. The average Bonchev–Trinajstić information content (AvgIpc) is 2.47. The third kappa shape index (κ3) is 3.62. The standard InChI is InChI=1S/C15H16N2O4S/c1-11(2)12-6-8-15(9-7-12)22(20,21)16-13-4-3-5-14(10-13)17(18)19/h3-11,16H,1-2H3. The van der Waals surface area contributed by atoms with E-state index in [9.17, 15) is 18.5 Å². The fourth-order valence-corrected chi connectivity index (χ4v) is 2.98. The minimum Gasteiger partial charge on any atom is -0.279 e. The summed E-state index contributed by atoms with van der Waals surface area (Å²) in [5, 5.41) is 10.7. The first-order valence-electron chi connectivity index (χ1n) is 6.67. The van der Waals surface area contributed by atoms with Gasteiger partial charge in [-0.1, -0.05) is 32.0 Å². The van der Waals surface area contributed by atoms with E-state index in [1.807, 2.05) is 13.8 Å². The Morgan fingerprint density at radius 3 is 2.27 bits per heavy atom. The Morgan fingerprint density at radius 2 is 1.73 bits per heavy atom. The lowest BCUT2D eigenvalue weighted by molar-refractivity contribution is -0.384. The van der Waals surface area contributed by atoms with Crippen molar-refractivity contribution in [2.75, 3.05) is 4.72 Å². The highest BCUT2D eigenvalue weighted by molar-refractivity contribution is 7.92. The van der Waals surface area contributed by atoms with Gasteiger partial charge in [-0.15, -0.1) is 0 Å². The fraction of sp³-hybridized carbons (Fsp3) is 0.200. The van der Waals surface area contributed by atoms with Crippen LogP contribution in [-0.4, -0.2) is 13.3 Å². The van der Waals surface area contributed by atoms with Crippen molar-refractivity contribution in [3.63, 3.8) is 0 Å². The highest BCUT2D eigenvalue weighted by Crippen LogP contribution is 2.22. The molecule has 116 valence electrons. The predicted molar refractivity (Wildman–Crippen MR) is 84.4 cm³/mol. The Bertz CT molecular complexity index is 783. The topological polar surface area (TPSA) is 89.3 Å². The summed E-state index contributed by atoms with van der Waals surface area (Å²) in [7, 11) is -3.77. The third-order valence-electron chi connectivity index (χ3n) is 3.17. The van der Waals surface area contributed by atoms with Gasteiger partial charge in [-0.3, -0.25) is 14.8 Å². The molecule has 0 atom stereocenters. The minimum absolute atomic E-state index is 0.114. The first-order chi connectivity index (χ1) is 10.3. The van der Waals surface area contributed by atoms with Crippen molar-refractivity contribution in [2.45, 2.75) is 24.7 Å². The quantitative estimate of drug-likeness (QED) is 0.674. The van der Waals surface area contributed by atoms with Crippen LogP contribution in [0.4, 0.5) is 11.4 Å². The Kier molecular flexibility index (Phi) is 4.46. The molecule has 0 heterocycles. The Labute approximate surface area is 129 Å². The highest BCUT2D eigenvalue weighted by Gasteiger charge is 2.16. The van der Waals surface area contributed by atoms with Crippen LogP contribution in [0, 0.1) is 10.1 Å². The maximum absolute atomic E-state index is 12.3. The number of nitrogens with zero attached hydrogens (tertiary/aromatic N) is 1. The van der Waals surface area contributed by atoms with Crippen LogP contribution in [-0.2, 0) is 10.0 Å². The largest absolute Gasteiger partial charge is 0.279 e. The van der Waals surface area contributed by atoms with Gasteiger partial charge in [-0.2, -0.15) is 0 Å². The van der Waals surface area contributed by atoms with E-state index in [-0.39, 0.29) is 16.3 Å². The SMILES string of the molecule is CC(C)c1ccc(S(=O)(=O)Nc2cccc([N+](=O)[O-])c2)cc1. The van der Waals surface area contributed by atoms with Crippen LogP contribution in [0.25, 0.3) is 0 Å². The van der Waals surface area contributed by atoms with E-state index in [1.54, 1.807) is 12.1 Å². The number of nitro groups is 1. The van der Waals surface area contributed by atoms with Crippen molar-refractivity contribution in [2.24, 2.45) is 0 Å². The predicted octanol–water partition coefficient (Wildman–Crippen LogP) is 3.52. The van der Waals surface area contributed by atoms with Gasteiger partial charge in [-0.05, 0) is 29.7 Å². The molecule has 0 aliphatic heterocycles. The number of hydrogen-bond acceptors (Lipinski definition) is 4. The molecule has 2 aromatic carbocycles. The van der Waals surface area contributed by atoms with Crippen LogP contribution < -0.4 is 4.72 Å². The van der Waals surface area contributed by atoms with E-state index in [0.717, 1.165) is 5.56 Å². The van der Waals surface area contributed by atoms with Crippen LogP contribution in [0.15, 0.2) is 53.4 Å². The minimum atomic E-state index is -3.77. The zero-order valence-corrected chi connectivity index (χ0v) is 13.0. The number of nitrogens with one attached hydrogen (secondary N) is 1. The summed E-state index contributed by atoms with van der Waals surface area (Å²) in [4.78, 5) is 10.3. The normalized spacial score (nSPS) is 11.4. The van der Waals surface area contributed by atoms with E-state index in [4.69, 9.17) is 0 Å². The third-order valence-corrected chi connectivity index (χ3v) is 4.56. The van der Waals surface area contributed by atoms with E-state index in [0.29, 0.717) is 5.92 Å². The van der Waals surface area contributed by atoms with Crippen molar-refractivity contribution in [1.82, 2.24) is 0 Å². The van der Waals surface area contributed by atoms with Crippen LogP contribution in [0.5, 0.6) is 0 Å². The second-order valence-electron chi connectivity index (χ2n) is 5.14. The van der Waals surface area contributed by atoms with Gasteiger partial charge in [0.15, 0.2) is 0 Å². The number of sulfonamides is 1. The molecule has 7 heteroatoms. The first-order valence-corrected chi connectivity index (χ1v) is 8.15. The van der Waals surface area contributed by atoms with Crippen LogP contribution in [0.2, 0.25) is 0 Å². The van der Waals surface area contributed by atoms with Gasteiger partial charge in [0, 0.05) is 12.1 Å². The number of nitro benzene ring substituents is 1. The molecule has 0 amide bonds. The van der Waals surface area contributed by atoms with Crippen molar-refractivity contribution in [1.29, 1.82) is 0 Å². The number of non-ortho nitro benzene ring substituents is 1. The van der Waals surface area contributed by atoms with Gasteiger partial charge in [0.1, 0.15) is 0 Å². The molecule has 0 aliphatic carbocycles. The fourth-order valence-electron chi connectivity index (χ4n) is 1.93. The molecule has 0 aliphatic rings. The summed E-state index contributed by atoms with van der Waals surface area (Å²) in [6.45, 7) is 4.04. The Morgan fingerprint density at radius 1 is 1.09 bits per heavy atom. The maximum Gasteiger partial charge on any atom is 0.271 e. The zero-order valence-electron chi connectivity index (χ0n) is 12.2. The van der Waals surface area contributed by atoms with E-state index in [1.165, 1.54) is 36.4 Å². The molecule has 0 spiro atoms. The van der Waals surface area contributed by atoms with Crippen molar-refractivity contribution >= 4 is 21.4 Å². The van der Waals surface area contributed by atoms with Crippen molar-refractivity contribution in [3.05, 3.63) is 64.2 Å². The summed E-state index contributed by atoms with van der Waals surface area (Å²) >= 11 is 0. The molecule has 0 saturated carbocycles. The second kappa shape index (κ2) is 6.15. The molecule has 0 aromatic heterocycles. The molecule has 0 unspecified atom stereocenters. The molecule has 6 nitrogen and oxygen atoms in total. The molecule has 22 heavy (non-hydrogen) atoms. The lowest BCUT2D eigenvalue weighted by Crippen LogP contribution is -2.13. The molecular formula is C15H16N2O4S. The number of rotatable bonds is 5. The van der Waals surface area contributed by atoms with Gasteiger partial charge in [0.2, 0.25) is 0 Å². The smallest absolute Gasteiger partial charge is 0.271 e. The van der Waals surface area contributed by atoms with Crippen molar-refractivity contribution < 1.29 is 13.3 Å². The molecule has 0 fully saturated rings. The summed E-state index contributed by atoms with van der Waals surface area (Å²) in [6, 6.07) is 11.9. The molecule has 1 N–H and O–H groups in total. The molecule has 2 rings (SSSR count). The van der Waals surface area contributed by atoms with E-state index in [2.05, 4.69) is 4.72 Å². The Balaban J connectivity index is 2.27. The number of hydrogen-bond donors (Lipinski definition) is 1. The summed E-state index contributed by atoms with van der Waals surface area (Å²) in [6.07, 6.45) is 0. The van der Waals surface area contributed by atoms with E-state index < -0.39 is 14.9 Å². The zero-order chi connectivity index (χ0) is 16.3. The summed E-state index contributed by atoms with van der Waals surface area (Å²) in [5.41, 5.74) is 1.02. The van der Waals surface area contributed by atoms with Gasteiger partial charge in [0.25, 0.3) is 15.7 Å². The van der Waals surface area contributed by atoms with Gasteiger partial charge >= 0.3 is 0 Å². The van der Waals surface area contributed by atoms with Gasteiger partial charge in [-0.25, -0.2) is 8.42 Å². The summed E-state index contributed by atoms with van der Waals surface area (Å²) in [5.74, 6) is 0.307. The van der Waals surface area contributed by atoms with Crippen LogP contribution in [0.3, 0.4) is 0 Å². The molecule has 0 bridgehead atoms. The highest BCUT2D eigenvalue weighted by atomic mass is 32.2.